The number of nitrogens with zero attached hydrogens (tertiary/aromatic N) is 3. The van der Waals surface area contributed by atoms with Gasteiger partial charge >= 0.3 is 5.97 Å². The molecule has 0 atom stereocenters. The lowest BCUT2D eigenvalue weighted by Gasteiger charge is -2.12. The SMILES string of the molecule is COC(=O)CCCSc1c2c(=O)n(C)nc(CC(C)C)c2cn1Cc1cccc2ccccc12. The van der Waals surface area contributed by atoms with Crippen molar-refractivity contribution in [1.29, 1.82) is 0 Å². The molecule has 0 aliphatic heterocycles. The zero-order chi connectivity index (χ0) is 24.2. The normalized spacial score (nSPS) is 11.6. The van der Waals surface area contributed by atoms with Gasteiger partial charge in [0.25, 0.3) is 5.56 Å². The van der Waals surface area contributed by atoms with Crippen LogP contribution in [-0.2, 0) is 29.5 Å². The van der Waals surface area contributed by atoms with E-state index in [4.69, 9.17) is 4.74 Å². The molecular weight excluding hydrogens is 446 g/mol. The van der Waals surface area contributed by atoms with Crippen molar-refractivity contribution in [2.75, 3.05) is 12.9 Å². The first-order chi connectivity index (χ1) is 16.4. The molecule has 0 bridgehead atoms. The fraction of sp³-hybridized carbons (Fsp3) is 0.370. The number of thioether (sulfide) groups is 1. The van der Waals surface area contributed by atoms with Gasteiger partial charge < -0.3 is 9.30 Å². The van der Waals surface area contributed by atoms with Crippen LogP contribution < -0.4 is 5.56 Å². The number of ether oxygens (including phenoxy) is 1. The third-order valence-electron chi connectivity index (χ3n) is 5.93. The number of methoxy groups -OCH3 is 1. The summed E-state index contributed by atoms with van der Waals surface area (Å²) in [6.45, 7) is 4.97. The maximum absolute atomic E-state index is 13.3. The molecule has 4 rings (SSSR count). The van der Waals surface area contributed by atoms with Crippen LogP contribution in [0.5, 0.6) is 0 Å². The quantitative estimate of drug-likeness (QED) is 0.189. The summed E-state index contributed by atoms with van der Waals surface area (Å²) in [5.74, 6) is 0.927. The van der Waals surface area contributed by atoms with Gasteiger partial charge in [0.1, 0.15) is 0 Å². The van der Waals surface area contributed by atoms with Crippen LogP contribution >= 0.6 is 11.8 Å². The van der Waals surface area contributed by atoms with Gasteiger partial charge in [0.15, 0.2) is 0 Å². The fourth-order valence-electron chi connectivity index (χ4n) is 4.32. The van der Waals surface area contributed by atoms with Gasteiger partial charge in [-0.25, -0.2) is 4.68 Å². The molecule has 0 unspecified atom stereocenters. The summed E-state index contributed by atoms with van der Waals surface area (Å²) >= 11 is 1.62. The molecule has 2 aromatic heterocycles. The minimum absolute atomic E-state index is 0.0883. The Morgan fingerprint density at radius 1 is 1.12 bits per heavy atom. The number of hydrogen-bond donors (Lipinski definition) is 0. The van der Waals surface area contributed by atoms with E-state index >= 15 is 0 Å². The number of benzene rings is 2. The summed E-state index contributed by atoms with van der Waals surface area (Å²) in [5.41, 5.74) is 2.06. The number of aryl methyl sites for hydroxylation is 1. The van der Waals surface area contributed by atoms with Crippen LogP contribution in [0.3, 0.4) is 0 Å². The van der Waals surface area contributed by atoms with Crippen molar-refractivity contribution in [1.82, 2.24) is 14.3 Å². The van der Waals surface area contributed by atoms with Crippen molar-refractivity contribution in [3.63, 3.8) is 0 Å². The number of carbonyl (C=O) groups excluding carboxylic acids is 1. The van der Waals surface area contributed by atoms with E-state index < -0.39 is 0 Å². The van der Waals surface area contributed by atoms with E-state index in [0.29, 0.717) is 25.3 Å². The van der Waals surface area contributed by atoms with Gasteiger partial charge in [-0.05, 0) is 35.1 Å². The van der Waals surface area contributed by atoms with E-state index in [-0.39, 0.29) is 11.5 Å². The minimum atomic E-state index is -0.212. The zero-order valence-electron chi connectivity index (χ0n) is 20.2. The maximum atomic E-state index is 13.3. The van der Waals surface area contributed by atoms with Crippen molar-refractivity contribution in [3.05, 3.63) is 70.3 Å². The van der Waals surface area contributed by atoms with Crippen LogP contribution in [0.2, 0.25) is 0 Å². The molecule has 0 N–H and O–H groups in total. The van der Waals surface area contributed by atoms with Crippen LogP contribution in [0, 0.1) is 5.92 Å². The van der Waals surface area contributed by atoms with E-state index in [1.807, 2.05) is 6.07 Å². The monoisotopic (exact) mass is 477 g/mol. The van der Waals surface area contributed by atoms with Crippen molar-refractivity contribution in [2.45, 2.75) is 44.7 Å². The summed E-state index contributed by atoms with van der Waals surface area (Å²) in [4.78, 5) is 24.8. The third-order valence-corrected chi connectivity index (χ3v) is 7.14. The largest absolute Gasteiger partial charge is 0.469 e. The number of hydrogen-bond acceptors (Lipinski definition) is 5. The van der Waals surface area contributed by atoms with Crippen LogP contribution in [0.1, 0.15) is 37.9 Å². The predicted octanol–water partition coefficient (Wildman–Crippen LogP) is 5.18. The first kappa shape index (κ1) is 24.1. The zero-order valence-corrected chi connectivity index (χ0v) is 21.0. The highest BCUT2D eigenvalue weighted by atomic mass is 32.2. The van der Waals surface area contributed by atoms with Gasteiger partial charge in [-0.3, -0.25) is 9.59 Å². The molecule has 0 spiro atoms. The lowest BCUT2D eigenvalue weighted by Crippen LogP contribution is -2.22. The molecule has 34 heavy (non-hydrogen) atoms. The minimum Gasteiger partial charge on any atom is -0.469 e. The molecule has 2 aromatic carbocycles. The highest BCUT2D eigenvalue weighted by molar-refractivity contribution is 7.99. The molecule has 178 valence electrons. The number of carbonyl (C=O) groups is 1. The van der Waals surface area contributed by atoms with Gasteiger partial charge in [-0.1, -0.05) is 56.3 Å². The van der Waals surface area contributed by atoms with Crippen molar-refractivity contribution < 1.29 is 9.53 Å². The van der Waals surface area contributed by atoms with Crippen molar-refractivity contribution in [3.8, 4) is 0 Å². The fourth-order valence-corrected chi connectivity index (χ4v) is 5.42. The molecule has 0 saturated heterocycles. The number of fused-ring (bicyclic) bond motifs is 2. The number of esters is 1. The molecule has 6 nitrogen and oxygen atoms in total. The van der Waals surface area contributed by atoms with E-state index in [9.17, 15) is 9.59 Å². The Labute approximate surface area is 203 Å². The van der Waals surface area contributed by atoms with Gasteiger partial charge in [-0.15, -0.1) is 11.8 Å². The Kier molecular flexibility index (Phi) is 7.41. The first-order valence-corrected chi connectivity index (χ1v) is 12.6. The van der Waals surface area contributed by atoms with Gasteiger partial charge in [-0.2, -0.15) is 5.10 Å². The predicted molar refractivity (Wildman–Crippen MR) is 139 cm³/mol. The second-order valence-electron chi connectivity index (χ2n) is 8.99. The lowest BCUT2D eigenvalue weighted by molar-refractivity contribution is -0.140. The third kappa shape index (κ3) is 5.04. The first-order valence-electron chi connectivity index (χ1n) is 11.6. The molecule has 0 saturated carbocycles. The Hall–Kier alpha value is -3.06. The van der Waals surface area contributed by atoms with Crippen LogP contribution in [0.4, 0.5) is 0 Å². The van der Waals surface area contributed by atoms with Crippen molar-refractivity contribution in [2.24, 2.45) is 13.0 Å². The Balaban J connectivity index is 1.81. The van der Waals surface area contributed by atoms with Crippen LogP contribution in [-0.4, -0.2) is 33.2 Å². The Bertz CT molecular complexity index is 1380. The average molecular weight is 478 g/mol. The van der Waals surface area contributed by atoms with Gasteiger partial charge in [0, 0.05) is 37.3 Å². The molecule has 2 heterocycles. The van der Waals surface area contributed by atoms with Crippen LogP contribution in [0.25, 0.3) is 21.5 Å². The van der Waals surface area contributed by atoms with Crippen molar-refractivity contribution >= 4 is 39.3 Å². The number of aromatic nitrogens is 3. The molecule has 0 aliphatic carbocycles. The van der Waals surface area contributed by atoms with E-state index in [0.717, 1.165) is 33.7 Å². The summed E-state index contributed by atoms with van der Waals surface area (Å²) in [5, 5.41) is 9.58. The van der Waals surface area contributed by atoms with E-state index in [2.05, 4.69) is 66.1 Å². The molecular formula is C27H31N3O3S. The molecule has 0 amide bonds. The molecule has 0 fully saturated rings. The second kappa shape index (κ2) is 10.5. The molecule has 4 aromatic rings. The topological polar surface area (TPSA) is 66.1 Å². The summed E-state index contributed by atoms with van der Waals surface area (Å²) in [7, 11) is 3.13. The molecule has 0 radical (unpaired) electrons. The Morgan fingerprint density at radius 2 is 1.88 bits per heavy atom. The second-order valence-corrected chi connectivity index (χ2v) is 10.1. The molecule has 7 heteroatoms. The lowest BCUT2D eigenvalue weighted by atomic mass is 10.0. The summed E-state index contributed by atoms with van der Waals surface area (Å²) < 4.78 is 8.42. The van der Waals surface area contributed by atoms with Crippen LogP contribution in [0.15, 0.2) is 58.5 Å². The van der Waals surface area contributed by atoms with E-state index in [1.54, 1.807) is 18.8 Å². The van der Waals surface area contributed by atoms with Gasteiger partial charge in [0.05, 0.1) is 23.2 Å². The highest BCUT2D eigenvalue weighted by Crippen LogP contribution is 2.32. The van der Waals surface area contributed by atoms with Gasteiger partial charge in [0.2, 0.25) is 0 Å². The van der Waals surface area contributed by atoms with E-state index in [1.165, 1.54) is 28.1 Å². The number of rotatable bonds is 9. The molecule has 0 aliphatic rings. The summed E-state index contributed by atoms with van der Waals surface area (Å²) in [6.07, 6.45) is 3.94. The Morgan fingerprint density at radius 3 is 2.65 bits per heavy atom. The maximum Gasteiger partial charge on any atom is 0.305 e. The standard InChI is InChI=1S/C27H31N3O3S/c1-18(2)15-23-22-17-30(16-20-11-7-10-19-9-5-6-12-21(19)20)27(25(22)26(32)29(3)28-23)34-14-8-13-24(31)33-4/h5-7,9-12,17-18H,8,13-16H2,1-4H3. The highest BCUT2D eigenvalue weighted by Gasteiger charge is 2.20. The summed E-state index contributed by atoms with van der Waals surface area (Å²) in [6, 6.07) is 14.7. The smallest absolute Gasteiger partial charge is 0.305 e. The average Bonchev–Trinajstić information content (AvgIpc) is 3.18.